The molecule has 2 aromatic rings. The van der Waals surface area contributed by atoms with Crippen LogP contribution in [0.1, 0.15) is 12.0 Å². The van der Waals surface area contributed by atoms with Crippen LogP contribution in [0, 0.1) is 5.92 Å². The summed E-state index contributed by atoms with van der Waals surface area (Å²) in [6, 6.07) is 14.4. The highest BCUT2D eigenvalue weighted by Gasteiger charge is 2.31. The molecule has 3 rings (SSSR count). The molecule has 0 N–H and O–H groups in total. The monoisotopic (exact) mass is 351 g/mol. The van der Waals surface area contributed by atoms with E-state index in [1.807, 2.05) is 12.1 Å². The molecule has 0 saturated carbocycles. The molecule has 1 aliphatic rings. The van der Waals surface area contributed by atoms with Gasteiger partial charge in [0.1, 0.15) is 0 Å². The van der Waals surface area contributed by atoms with Gasteiger partial charge in [-0.2, -0.15) is 0 Å². The van der Waals surface area contributed by atoms with E-state index in [2.05, 4.69) is 30.3 Å². The van der Waals surface area contributed by atoms with Crippen LogP contribution in [0.15, 0.2) is 42.5 Å². The lowest BCUT2D eigenvalue weighted by Gasteiger charge is -2.16. The van der Waals surface area contributed by atoms with E-state index in [0.29, 0.717) is 13.1 Å². The summed E-state index contributed by atoms with van der Waals surface area (Å²) in [5.41, 5.74) is 1.17. The Morgan fingerprint density at radius 2 is 1.87 bits per heavy atom. The molecule has 2 aromatic carbocycles. The minimum absolute atomic E-state index is 0.0103. The quantitative estimate of drug-likeness (QED) is 0.778. The van der Waals surface area contributed by atoms with Crippen LogP contribution in [0.2, 0.25) is 0 Å². The molecule has 6 heteroatoms. The van der Waals surface area contributed by atoms with Crippen molar-refractivity contribution in [3.05, 3.63) is 48.0 Å². The lowest BCUT2D eigenvalue weighted by atomic mass is 10.1. The summed E-state index contributed by atoms with van der Waals surface area (Å²) in [6.07, 6.45) is 1.03. The van der Waals surface area contributed by atoms with Gasteiger partial charge >= 0.3 is 0 Å². The third-order valence-corrected chi connectivity index (χ3v) is 5.46. The van der Waals surface area contributed by atoms with Crippen LogP contribution in [0.4, 0.5) is 0 Å². The van der Waals surface area contributed by atoms with Crippen LogP contribution in [0.5, 0.6) is 0 Å². The first-order valence-corrected chi connectivity index (χ1v) is 10.1. The van der Waals surface area contributed by atoms with Gasteiger partial charge in [-0.1, -0.05) is 42.5 Å². The highest BCUT2D eigenvalue weighted by molar-refractivity contribution is 8.13. The molecule has 23 heavy (non-hydrogen) atoms. The summed E-state index contributed by atoms with van der Waals surface area (Å²) in [6.45, 7) is 1.08. The van der Waals surface area contributed by atoms with E-state index in [1.54, 1.807) is 4.90 Å². The molecule has 1 heterocycles. The summed E-state index contributed by atoms with van der Waals surface area (Å²) in [7, 11) is 1.73. The van der Waals surface area contributed by atoms with Crippen molar-refractivity contribution < 1.29 is 13.2 Å². The zero-order chi connectivity index (χ0) is 16.4. The normalized spacial score (nSPS) is 18.7. The Labute approximate surface area is 140 Å². The second-order valence-electron chi connectivity index (χ2n) is 6.05. The number of likely N-dealkylation sites (tertiary alicyclic amines) is 1. The maximum Gasteiger partial charge on any atom is 0.232 e. The molecule has 1 atom stereocenters. The number of benzene rings is 2. The van der Waals surface area contributed by atoms with Crippen molar-refractivity contribution in [3.8, 4) is 0 Å². The molecule has 1 amide bonds. The topological polar surface area (TPSA) is 54.5 Å². The molecule has 1 aliphatic heterocycles. The van der Waals surface area contributed by atoms with Crippen molar-refractivity contribution in [1.29, 1.82) is 0 Å². The molecule has 1 fully saturated rings. The average Bonchev–Trinajstić information content (AvgIpc) is 2.82. The minimum atomic E-state index is -3.55. The molecule has 0 bridgehead atoms. The molecule has 4 nitrogen and oxygen atoms in total. The van der Waals surface area contributed by atoms with Gasteiger partial charge in [-0.25, -0.2) is 8.42 Å². The number of fused-ring (bicyclic) bond motifs is 1. The maximum absolute atomic E-state index is 12.0. The van der Waals surface area contributed by atoms with Crippen molar-refractivity contribution in [2.45, 2.75) is 12.8 Å². The summed E-state index contributed by atoms with van der Waals surface area (Å²) < 4.78 is 22.3. The van der Waals surface area contributed by atoms with Crippen LogP contribution in [-0.4, -0.2) is 38.1 Å². The summed E-state index contributed by atoms with van der Waals surface area (Å²) in [5.74, 6) is -0.315. The Morgan fingerprint density at radius 3 is 2.61 bits per heavy atom. The van der Waals surface area contributed by atoms with Crippen LogP contribution in [-0.2, 0) is 20.3 Å². The van der Waals surface area contributed by atoms with Crippen molar-refractivity contribution in [3.63, 3.8) is 0 Å². The van der Waals surface area contributed by atoms with E-state index in [9.17, 15) is 13.2 Å². The Kier molecular flexibility index (Phi) is 4.60. The number of carbonyl (C=O) groups is 1. The fourth-order valence-electron chi connectivity index (χ4n) is 3.12. The minimum Gasteiger partial charge on any atom is -0.342 e. The predicted molar refractivity (Wildman–Crippen MR) is 92.0 cm³/mol. The van der Waals surface area contributed by atoms with E-state index in [4.69, 9.17) is 10.7 Å². The van der Waals surface area contributed by atoms with Gasteiger partial charge in [0.15, 0.2) is 0 Å². The number of halogens is 1. The van der Waals surface area contributed by atoms with Gasteiger partial charge in [-0.15, -0.1) is 0 Å². The standard InChI is InChI=1S/C17H18ClNO3S/c18-23(21,22)12-14-10-17(20)19(11-14)8-7-13-5-6-15-3-1-2-4-16(15)9-13/h1-6,9,14H,7-8,10-12H2. The Morgan fingerprint density at radius 1 is 1.13 bits per heavy atom. The molecule has 0 spiro atoms. The number of carbonyl (C=O) groups excluding carboxylic acids is 1. The molecular formula is C17H18ClNO3S. The maximum atomic E-state index is 12.0. The first kappa shape index (κ1) is 16.3. The van der Waals surface area contributed by atoms with Crippen molar-refractivity contribution >= 4 is 36.4 Å². The average molecular weight is 352 g/mol. The van der Waals surface area contributed by atoms with Crippen LogP contribution in [0.25, 0.3) is 10.8 Å². The lowest BCUT2D eigenvalue weighted by Crippen LogP contribution is -2.28. The zero-order valence-corrected chi connectivity index (χ0v) is 14.2. The SMILES string of the molecule is O=C1CC(CS(=O)(=O)Cl)CN1CCc1ccc2ccccc2c1. The first-order valence-electron chi connectivity index (χ1n) is 7.58. The van der Waals surface area contributed by atoms with Gasteiger partial charge in [-0.05, 0) is 22.8 Å². The van der Waals surface area contributed by atoms with Crippen LogP contribution in [0.3, 0.4) is 0 Å². The summed E-state index contributed by atoms with van der Waals surface area (Å²) in [4.78, 5) is 13.7. The zero-order valence-electron chi connectivity index (χ0n) is 12.6. The molecule has 122 valence electrons. The number of rotatable bonds is 5. The second-order valence-corrected chi connectivity index (χ2v) is 8.87. The predicted octanol–water partition coefficient (Wildman–Crippen LogP) is 2.80. The Hall–Kier alpha value is -1.59. The fraction of sp³-hybridized carbons (Fsp3) is 0.353. The molecule has 0 radical (unpaired) electrons. The summed E-state index contributed by atoms with van der Waals surface area (Å²) in [5, 5.41) is 2.38. The van der Waals surface area contributed by atoms with Crippen molar-refractivity contribution in [2.75, 3.05) is 18.8 Å². The Bertz CT molecular complexity index is 835. The van der Waals surface area contributed by atoms with Crippen LogP contribution >= 0.6 is 10.7 Å². The Balaban J connectivity index is 1.62. The first-order chi connectivity index (χ1) is 10.9. The van der Waals surface area contributed by atoms with Crippen LogP contribution < -0.4 is 0 Å². The molecular weight excluding hydrogens is 334 g/mol. The fourth-order valence-corrected chi connectivity index (χ4v) is 4.44. The van der Waals surface area contributed by atoms with Crippen molar-refractivity contribution in [1.82, 2.24) is 4.90 Å². The van der Waals surface area contributed by atoms with Crippen molar-refractivity contribution in [2.24, 2.45) is 5.92 Å². The van der Waals surface area contributed by atoms with Gasteiger partial charge in [0.2, 0.25) is 15.0 Å². The van der Waals surface area contributed by atoms with Gasteiger partial charge in [-0.3, -0.25) is 4.79 Å². The van der Waals surface area contributed by atoms with E-state index < -0.39 is 9.05 Å². The van der Waals surface area contributed by atoms with Gasteiger partial charge < -0.3 is 4.90 Å². The van der Waals surface area contributed by atoms with E-state index in [0.717, 1.165) is 6.42 Å². The van der Waals surface area contributed by atoms with E-state index in [-0.39, 0.29) is 24.0 Å². The third kappa shape index (κ3) is 4.24. The van der Waals surface area contributed by atoms with Gasteiger partial charge in [0.25, 0.3) is 0 Å². The highest BCUT2D eigenvalue weighted by Crippen LogP contribution is 2.22. The van der Waals surface area contributed by atoms with Gasteiger partial charge in [0, 0.05) is 36.1 Å². The molecule has 0 aliphatic carbocycles. The second kappa shape index (κ2) is 6.49. The largest absolute Gasteiger partial charge is 0.342 e. The number of hydrogen-bond donors (Lipinski definition) is 0. The molecule has 0 aromatic heterocycles. The lowest BCUT2D eigenvalue weighted by molar-refractivity contribution is -0.127. The molecule has 1 saturated heterocycles. The third-order valence-electron chi connectivity index (χ3n) is 4.21. The molecule has 1 unspecified atom stereocenters. The number of nitrogens with zero attached hydrogens (tertiary/aromatic N) is 1. The number of amides is 1. The summed E-state index contributed by atoms with van der Waals surface area (Å²) >= 11 is 0. The van der Waals surface area contributed by atoms with E-state index >= 15 is 0 Å². The number of hydrogen-bond acceptors (Lipinski definition) is 3. The van der Waals surface area contributed by atoms with E-state index in [1.165, 1.54) is 16.3 Å². The smallest absolute Gasteiger partial charge is 0.232 e. The van der Waals surface area contributed by atoms with Gasteiger partial charge in [0.05, 0.1) is 5.75 Å². The highest BCUT2D eigenvalue weighted by atomic mass is 35.7.